The fourth-order valence-electron chi connectivity index (χ4n) is 1.02. The Morgan fingerprint density at radius 1 is 1.29 bits per heavy atom. The molecule has 0 heterocycles. The van der Waals surface area contributed by atoms with Gasteiger partial charge >= 0.3 is 6.16 Å². The van der Waals surface area contributed by atoms with E-state index in [1.54, 1.807) is 6.07 Å². The van der Waals surface area contributed by atoms with Crippen LogP contribution in [0.5, 0.6) is 0 Å². The van der Waals surface area contributed by atoms with Gasteiger partial charge < -0.3 is 9.84 Å². The summed E-state index contributed by atoms with van der Waals surface area (Å²) in [5, 5.41) is 8.24. The topological polar surface area (TPSA) is 46.5 Å². The van der Waals surface area contributed by atoms with Crippen molar-refractivity contribution >= 4 is 6.16 Å². The normalized spacial score (nSPS) is 12.5. The standard InChI is InChI=1S/C9H8F2O3/c10-8(11)7(14-9(12)13)6-4-2-1-3-5-6/h1-5,7-8H,(H,12,13). The number of benzene rings is 1. The number of halogens is 2. The lowest BCUT2D eigenvalue weighted by atomic mass is 10.1. The number of ether oxygens (including phenoxy) is 1. The summed E-state index contributed by atoms with van der Waals surface area (Å²) in [6.45, 7) is 0. The van der Waals surface area contributed by atoms with Gasteiger partial charge in [0.2, 0.25) is 0 Å². The van der Waals surface area contributed by atoms with Crippen molar-refractivity contribution in [1.29, 1.82) is 0 Å². The highest BCUT2D eigenvalue weighted by Gasteiger charge is 2.26. The number of hydrogen-bond acceptors (Lipinski definition) is 2. The number of alkyl halides is 2. The highest BCUT2D eigenvalue weighted by Crippen LogP contribution is 2.24. The molecule has 0 aromatic heterocycles. The van der Waals surface area contributed by atoms with Gasteiger partial charge in [-0.25, -0.2) is 13.6 Å². The van der Waals surface area contributed by atoms with Gasteiger partial charge in [-0.3, -0.25) is 0 Å². The van der Waals surface area contributed by atoms with E-state index in [0.29, 0.717) is 0 Å². The zero-order valence-corrected chi connectivity index (χ0v) is 7.06. The van der Waals surface area contributed by atoms with Gasteiger partial charge in [0, 0.05) is 0 Å². The molecule has 0 saturated carbocycles. The molecule has 76 valence electrons. The van der Waals surface area contributed by atoms with E-state index in [-0.39, 0.29) is 5.56 Å². The average Bonchev–Trinajstić information content (AvgIpc) is 2.15. The summed E-state index contributed by atoms with van der Waals surface area (Å²) >= 11 is 0. The first-order valence-electron chi connectivity index (χ1n) is 3.84. The van der Waals surface area contributed by atoms with Crippen LogP contribution in [-0.2, 0) is 4.74 Å². The van der Waals surface area contributed by atoms with Crippen molar-refractivity contribution in [3.63, 3.8) is 0 Å². The largest absolute Gasteiger partial charge is 0.506 e. The molecule has 0 bridgehead atoms. The molecule has 1 aromatic rings. The highest BCUT2D eigenvalue weighted by molar-refractivity contribution is 5.57. The summed E-state index contributed by atoms with van der Waals surface area (Å²) < 4.78 is 28.8. The van der Waals surface area contributed by atoms with Gasteiger partial charge in [-0.2, -0.15) is 0 Å². The summed E-state index contributed by atoms with van der Waals surface area (Å²) in [6.07, 6.45) is -6.29. The Labute approximate surface area is 78.9 Å². The van der Waals surface area contributed by atoms with E-state index in [0.717, 1.165) is 0 Å². The monoisotopic (exact) mass is 202 g/mol. The third kappa shape index (κ3) is 2.69. The van der Waals surface area contributed by atoms with E-state index < -0.39 is 18.7 Å². The average molecular weight is 202 g/mol. The molecular weight excluding hydrogens is 194 g/mol. The van der Waals surface area contributed by atoms with Crippen LogP contribution in [0.4, 0.5) is 13.6 Å². The van der Waals surface area contributed by atoms with Crippen molar-refractivity contribution in [2.24, 2.45) is 0 Å². The molecule has 3 nitrogen and oxygen atoms in total. The van der Waals surface area contributed by atoms with E-state index in [1.165, 1.54) is 24.3 Å². The predicted molar refractivity (Wildman–Crippen MR) is 44.3 cm³/mol. The van der Waals surface area contributed by atoms with Crippen LogP contribution in [0.15, 0.2) is 30.3 Å². The van der Waals surface area contributed by atoms with E-state index in [2.05, 4.69) is 4.74 Å². The van der Waals surface area contributed by atoms with Crippen LogP contribution in [0.1, 0.15) is 11.7 Å². The quantitative estimate of drug-likeness (QED) is 0.766. The molecule has 0 spiro atoms. The lowest BCUT2D eigenvalue weighted by Gasteiger charge is -2.14. The Morgan fingerprint density at radius 2 is 1.86 bits per heavy atom. The van der Waals surface area contributed by atoms with E-state index in [1.807, 2.05) is 0 Å². The Balaban J connectivity index is 2.83. The van der Waals surface area contributed by atoms with Crippen LogP contribution < -0.4 is 0 Å². The number of carboxylic acid groups (broad SMARTS) is 1. The van der Waals surface area contributed by atoms with E-state index in [9.17, 15) is 13.6 Å². The Morgan fingerprint density at radius 3 is 2.29 bits per heavy atom. The van der Waals surface area contributed by atoms with Gasteiger partial charge in [-0.15, -0.1) is 0 Å². The summed E-state index contributed by atoms with van der Waals surface area (Å²) in [4.78, 5) is 10.1. The van der Waals surface area contributed by atoms with Crippen LogP contribution in [-0.4, -0.2) is 17.7 Å². The lowest BCUT2D eigenvalue weighted by molar-refractivity contribution is -0.0375. The second-order valence-electron chi connectivity index (χ2n) is 2.55. The van der Waals surface area contributed by atoms with Crippen molar-refractivity contribution in [3.8, 4) is 0 Å². The van der Waals surface area contributed by atoms with Crippen molar-refractivity contribution in [1.82, 2.24) is 0 Å². The van der Waals surface area contributed by atoms with Crippen molar-refractivity contribution < 1.29 is 23.4 Å². The molecule has 1 atom stereocenters. The van der Waals surface area contributed by atoms with E-state index in [4.69, 9.17) is 5.11 Å². The molecular formula is C9H8F2O3. The van der Waals surface area contributed by atoms with Gasteiger partial charge in [-0.1, -0.05) is 30.3 Å². The highest BCUT2D eigenvalue weighted by atomic mass is 19.3. The Bertz CT molecular complexity index is 300. The fraction of sp³-hybridized carbons (Fsp3) is 0.222. The summed E-state index contributed by atoms with van der Waals surface area (Å²) in [5.74, 6) is 0. The summed E-state index contributed by atoms with van der Waals surface area (Å²) in [5.41, 5.74) is 0.143. The Hall–Kier alpha value is -1.65. The van der Waals surface area contributed by atoms with Crippen LogP contribution >= 0.6 is 0 Å². The SMILES string of the molecule is O=C(O)OC(c1ccccc1)C(F)F. The molecule has 14 heavy (non-hydrogen) atoms. The minimum Gasteiger partial charge on any atom is -0.450 e. The zero-order valence-electron chi connectivity index (χ0n) is 7.06. The molecule has 1 unspecified atom stereocenters. The lowest BCUT2D eigenvalue weighted by Crippen LogP contribution is -2.16. The minimum absolute atomic E-state index is 0.143. The number of rotatable bonds is 3. The second kappa shape index (κ2) is 4.55. The molecule has 0 radical (unpaired) electrons. The van der Waals surface area contributed by atoms with E-state index >= 15 is 0 Å². The summed E-state index contributed by atoms with van der Waals surface area (Å²) in [7, 11) is 0. The predicted octanol–water partition coefficient (Wildman–Crippen LogP) is 2.69. The fourth-order valence-corrected chi connectivity index (χ4v) is 1.02. The van der Waals surface area contributed by atoms with Gasteiger partial charge in [0.1, 0.15) is 0 Å². The van der Waals surface area contributed by atoms with Crippen molar-refractivity contribution in [2.45, 2.75) is 12.5 Å². The summed E-state index contributed by atoms with van der Waals surface area (Å²) in [6, 6.07) is 7.50. The van der Waals surface area contributed by atoms with Gasteiger partial charge in [0.15, 0.2) is 6.10 Å². The molecule has 0 aliphatic carbocycles. The maximum Gasteiger partial charge on any atom is 0.506 e. The molecule has 1 rings (SSSR count). The van der Waals surface area contributed by atoms with Crippen LogP contribution in [0, 0.1) is 0 Å². The van der Waals surface area contributed by atoms with Crippen LogP contribution in [0.25, 0.3) is 0 Å². The maximum absolute atomic E-state index is 12.4. The van der Waals surface area contributed by atoms with Crippen LogP contribution in [0.3, 0.4) is 0 Å². The first-order chi connectivity index (χ1) is 6.61. The molecule has 5 heteroatoms. The molecule has 0 amide bonds. The zero-order chi connectivity index (χ0) is 10.6. The molecule has 0 saturated heterocycles. The van der Waals surface area contributed by atoms with Crippen molar-refractivity contribution in [3.05, 3.63) is 35.9 Å². The number of hydrogen-bond donors (Lipinski definition) is 1. The van der Waals surface area contributed by atoms with Gasteiger partial charge in [-0.05, 0) is 5.56 Å². The van der Waals surface area contributed by atoms with Crippen LogP contribution in [0.2, 0.25) is 0 Å². The molecule has 0 aliphatic heterocycles. The van der Waals surface area contributed by atoms with Crippen molar-refractivity contribution in [2.75, 3.05) is 0 Å². The Kier molecular flexibility index (Phi) is 3.39. The second-order valence-corrected chi connectivity index (χ2v) is 2.55. The first-order valence-corrected chi connectivity index (χ1v) is 3.84. The third-order valence-corrected chi connectivity index (χ3v) is 1.58. The molecule has 0 aliphatic rings. The maximum atomic E-state index is 12.4. The van der Waals surface area contributed by atoms with Gasteiger partial charge in [0.05, 0.1) is 0 Å². The third-order valence-electron chi connectivity index (χ3n) is 1.58. The smallest absolute Gasteiger partial charge is 0.450 e. The molecule has 1 N–H and O–H groups in total. The first kappa shape index (κ1) is 10.4. The molecule has 0 fully saturated rings. The van der Waals surface area contributed by atoms with Gasteiger partial charge in [0.25, 0.3) is 6.43 Å². The minimum atomic E-state index is -2.87. The molecule has 1 aromatic carbocycles. The number of carbonyl (C=O) groups is 1.